The van der Waals surface area contributed by atoms with Crippen LogP contribution in [-0.4, -0.2) is 4.57 Å². The van der Waals surface area contributed by atoms with Gasteiger partial charge in [0.15, 0.2) is 0 Å². The first kappa shape index (κ1) is 29.8. The zero-order chi connectivity index (χ0) is 34.6. The van der Waals surface area contributed by atoms with Crippen molar-refractivity contribution < 1.29 is 0 Å². The minimum atomic E-state index is -0.119. The molecule has 0 atom stereocenters. The van der Waals surface area contributed by atoms with Crippen LogP contribution in [0.25, 0.3) is 64.9 Å². The number of anilines is 3. The number of rotatable bonds is 4. The molecule has 9 aromatic rings. The third-order valence-corrected chi connectivity index (χ3v) is 12.8. The summed E-state index contributed by atoms with van der Waals surface area (Å²) in [5.41, 5.74) is 15.4. The number of fused-ring (bicyclic) bond motifs is 10. The molecule has 0 bridgehead atoms. The van der Waals surface area contributed by atoms with Crippen LogP contribution in [0.3, 0.4) is 0 Å². The van der Waals surface area contributed by atoms with E-state index in [2.05, 4.69) is 181 Å². The highest BCUT2D eigenvalue weighted by molar-refractivity contribution is 7.26. The Balaban J connectivity index is 1.06. The number of allylic oxidation sites excluding steroid dienone is 1. The average Bonchev–Trinajstić information content (AvgIpc) is 3.74. The fourth-order valence-corrected chi connectivity index (χ4v) is 10.4. The van der Waals surface area contributed by atoms with E-state index in [-0.39, 0.29) is 5.41 Å². The van der Waals surface area contributed by atoms with Gasteiger partial charge < -0.3 is 9.47 Å². The quantitative estimate of drug-likeness (QED) is 0.179. The first-order chi connectivity index (χ1) is 25.6. The van der Waals surface area contributed by atoms with Gasteiger partial charge in [0.05, 0.1) is 22.4 Å². The Morgan fingerprint density at radius 2 is 1.40 bits per heavy atom. The van der Waals surface area contributed by atoms with Crippen molar-refractivity contribution in [3.63, 3.8) is 0 Å². The molecule has 2 aromatic heterocycles. The van der Waals surface area contributed by atoms with E-state index in [9.17, 15) is 0 Å². The van der Waals surface area contributed by atoms with Crippen molar-refractivity contribution in [3.05, 3.63) is 174 Å². The van der Waals surface area contributed by atoms with Gasteiger partial charge in [-0.25, -0.2) is 0 Å². The van der Waals surface area contributed by atoms with Crippen LogP contribution in [-0.2, 0) is 11.8 Å². The Labute approximate surface area is 307 Å². The number of benzene rings is 7. The zero-order valence-electron chi connectivity index (χ0n) is 29.2. The molecule has 0 radical (unpaired) electrons. The Kier molecular flexibility index (Phi) is 6.33. The molecule has 52 heavy (non-hydrogen) atoms. The van der Waals surface area contributed by atoms with Crippen molar-refractivity contribution in [1.29, 1.82) is 0 Å². The van der Waals surface area contributed by atoms with E-state index >= 15 is 0 Å². The molecule has 0 unspecified atom stereocenters. The van der Waals surface area contributed by atoms with Crippen LogP contribution in [0.4, 0.5) is 17.1 Å². The Morgan fingerprint density at radius 1 is 0.635 bits per heavy atom. The summed E-state index contributed by atoms with van der Waals surface area (Å²) in [4.78, 5) is 2.40. The molecule has 3 heterocycles. The van der Waals surface area contributed by atoms with Gasteiger partial charge in [-0.3, -0.25) is 0 Å². The molecule has 11 rings (SSSR count). The largest absolute Gasteiger partial charge is 0.310 e. The lowest BCUT2D eigenvalue weighted by atomic mass is 9.74. The second kappa shape index (κ2) is 11.0. The highest BCUT2D eigenvalue weighted by Gasteiger charge is 2.36. The molecule has 0 amide bonds. The number of nitrogens with zero attached hydrogens (tertiary/aromatic N) is 2. The molecule has 0 saturated heterocycles. The normalized spacial score (nSPS) is 14.3. The van der Waals surface area contributed by atoms with Crippen LogP contribution in [0.1, 0.15) is 42.5 Å². The summed E-state index contributed by atoms with van der Waals surface area (Å²) in [7, 11) is 0. The van der Waals surface area contributed by atoms with Crippen molar-refractivity contribution in [2.75, 3.05) is 4.90 Å². The topological polar surface area (TPSA) is 8.17 Å². The van der Waals surface area contributed by atoms with Gasteiger partial charge in [0.1, 0.15) is 0 Å². The number of thiophene rings is 1. The maximum absolute atomic E-state index is 2.53. The molecule has 248 valence electrons. The second-order valence-electron chi connectivity index (χ2n) is 14.8. The molecule has 3 heteroatoms. The molecule has 0 N–H and O–H groups in total. The molecule has 0 saturated carbocycles. The van der Waals surface area contributed by atoms with E-state index in [1.165, 1.54) is 86.7 Å². The molecule has 7 aromatic carbocycles. The van der Waals surface area contributed by atoms with Crippen molar-refractivity contribution in [2.24, 2.45) is 0 Å². The molecule has 2 nitrogen and oxygen atoms in total. The molecule has 0 spiro atoms. The Bertz CT molecular complexity index is 2920. The van der Waals surface area contributed by atoms with Gasteiger partial charge in [-0.2, -0.15) is 0 Å². The zero-order valence-corrected chi connectivity index (χ0v) is 30.0. The summed E-state index contributed by atoms with van der Waals surface area (Å²) in [5.74, 6) is 0. The summed E-state index contributed by atoms with van der Waals surface area (Å²) < 4.78 is 5.23. The predicted molar refractivity (Wildman–Crippen MR) is 223 cm³/mol. The standard InChI is InChI=1S/C49H36N2S/c1-49(2)40-19-9-11-21-44(40)51-43-20-10-8-18-38(43)46-47(51)41(49)30-39-37-28-25-33(29-45(37)52-48(39)46)31-23-26-35(27-24-31)50(34-15-4-3-5-16-34)42-22-12-14-32-13-6-7-17-36(32)42/h3-5,7-12,14-30H,6,13H2,1-2H3. The molecule has 2 aliphatic rings. The van der Waals surface area contributed by atoms with Crippen LogP contribution < -0.4 is 4.90 Å². The van der Waals surface area contributed by atoms with Crippen molar-refractivity contribution in [1.82, 2.24) is 4.57 Å². The number of para-hydroxylation sites is 3. The maximum Gasteiger partial charge on any atom is 0.0596 e. The molecule has 1 aliphatic carbocycles. The minimum Gasteiger partial charge on any atom is -0.310 e. The third kappa shape index (κ3) is 4.17. The predicted octanol–water partition coefficient (Wildman–Crippen LogP) is 13.9. The van der Waals surface area contributed by atoms with Gasteiger partial charge in [-0.05, 0) is 95.3 Å². The molecular weight excluding hydrogens is 649 g/mol. The van der Waals surface area contributed by atoms with E-state index < -0.39 is 0 Å². The first-order valence-corrected chi connectivity index (χ1v) is 19.1. The van der Waals surface area contributed by atoms with Crippen LogP contribution in [0, 0.1) is 0 Å². The summed E-state index contributed by atoms with van der Waals surface area (Å²) in [6.45, 7) is 4.79. The van der Waals surface area contributed by atoms with Gasteiger partial charge in [-0.1, -0.05) is 117 Å². The second-order valence-corrected chi connectivity index (χ2v) is 15.9. The lowest BCUT2D eigenvalue weighted by Crippen LogP contribution is -2.26. The van der Waals surface area contributed by atoms with Crippen molar-refractivity contribution in [3.8, 4) is 16.8 Å². The van der Waals surface area contributed by atoms with Gasteiger partial charge >= 0.3 is 0 Å². The molecule has 0 fully saturated rings. The summed E-state index contributed by atoms with van der Waals surface area (Å²) >= 11 is 1.94. The van der Waals surface area contributed by atoms with Crippen molar-refractivity contribution in [2.45, 2.75) is 32.1 Å². The number of aryl methyl sites for hydroxylation is 1. The summed E-state index contributed by atoms with van der Waals surface area (Å²) in [6, 6.07) is 54.2. The van der Waals surface area contributed by atoms with Crippen LogP contribution >= 0.6 is 11.3 Å². The van der Waals surface area contributed by atoms with E-state index in [0.717, 1.165) is 24.2 Å². The fraction of sp³-hybridized carbons (Fsp3) is 0.102. The highest BCUT2D eigenvalue weighted by Crippen LogP contribution is 2.52. The van der Waals surface area contributed by atoms with E-state index in [1.807, 2.05) is 11.3 Å². The fourth-order valence-electron chi connectivity index (χ4n) is 9.08. The third-order valence-electron chi connectivity index (χ3n) is 11.6. The number of hydrogen-bond acceptors (Lipinski definition) is 2. The van der Waals surface area contributed by atoms with Gasteiger partial charge in [-0.15, -0.1) is 11.3 Å². The molecular formula is C49H36N2S. The number of hydrogen-bond donors (Lipinski definition) is 0. The smallest absolute Gasteiger partial charge is 0.0596 e. The first-order valence-electron chi connectivity index (χ1n) is 18.3. The van der Waals surface area contributed by atoms with Crippen LogP contribution in [0.15, 0.2) is 152 Å². The van der Waals surface area contributed by atoms with Gasteiger partial charge in [0.25, 0.3) is 0 Å². The minimum absolute atomic E-state index is 0.119. The Hall–Kier alpha value is -5.90. The van der Waals surface area contributed by atoms with E-state index in [1.54, 1.807) is 0 Å². The van der Waals surface area contributed by atoms with Gasteiger partial charge in [0.2, 0.25) is 0 Å². The molecule has 1 aliphatic heterocycles. The SMILES string of the molecule is CC1(C)c2ccccc2-n2c3ccccc3c3c4sc5cc(-c6ccc(N(c7ccccc7)c7cccc8c7C=CCC8)cc6)ccc5c4cc1c32. The van der Waals surface area contributed by atoms with Crippen molar-refractivity contribution >= 4 is 76.5 Å². The average molecular weight is 685 g/mol. The van der Waals surface area contributed by atoms with E-state index in [0.29, 0.717) is 0 Å². The monoisotopic (exact) mass is 684 g/mol. The summed E-state index contributed by atoms with van der Waals surface area (Å²) in [6.07, 6.45) is 6.79. The highest BCUT2D eigenvalue weighted by atomic mass is 32.1. The summed E-state index contributed by atoms with van der Waals surface area (Å²) in [5, 5.41) is 5.41. The lowest BCUT2D eigenvalue weighted by Gasteiger charge is -2.34. The maximum atomic E-state index is 2.53. The Morgan fingerprint density at radius 3 is 2.29 bits per heavy atom. The lowest BCUT2D eigenvalue weighted by molar-refractivity contribution is 0.631. The van der Waals surface area contributed by atoms with Crippen LogP contribution in [0.2, 0.25) is 0 Å². The van der Waals surface area contributed by atoms with Gasteiger partial charge in [0, 0.05) is 53.3 Å². The van der Waals surface area contributed by atoms with E-state index in [4.69, 9.17) is 0 Å². The van der Waals surface area contributed by atoms with Crippen LogP contribution in [0.5, 0.6) is 0 Å². The number of aromatic nitrogens is 1.